The van der Waals surface area contributed by atoms with E-state index < -0.39 is 0 Å². The van der Waals surface area contributed by atoms with Gasteiger partial charge in [-0.3, -0.25) is 14.4 Å². The molecule has 0 unspecified atom stereocenters. The van der Waals surface area contributed by atoms with Gasteiger partial charge in [-0.15, -0.1) is 0 Å². The summed E-state index contributed by atoms with van der Waals surface area (Å²) >= 11 is 0. The summed E-state index contributed by atoms with van der Waals surface area (Å²) in [5.41, 5.74) is 2.76. The minimum atomic E-state index is 0.111. The van der Waals surface area contributed by atoms with Gasteiger partial charge in [0.15, 0.2) is 0 Å². The van der Waals surface area contributed by atoms with Gasteiger partial charge in [0.2, 0.25) is 0 Å². The van der Waals surface area contributed by atoms with Crippen molar-refractivity contribution in [3.05, 3.63) is 41.6 Å². The highest BCUT2D eigenvalue weighted by atomic mass is 16.3. The lowest BCUT2D eigenvalue weighted by Crippen LogP contribution is -2.35. The van der Waals surface area contributed by atoms with Crippen molar-refractivity contribution >= 4 is 5.91 Å². The van der Waals surface area contributed by atoms with Crippen LogP contribution >= 0.6 is 0 Å². The summed E-state index contributed by atoms with van der Waals surface area (Å²) in [6.07, 6.45) is 7.40. The molecule has 24 heavy (non-hydrogen) atoms. The number of hydrogen-bond donors (Lipinski definition) is 0. The highest BCUT2D eigenvalue weighted by Crippen LogP contribution is 2.14. The molecule has 0 saturated carbocycles. The number of furan rings is 1. The second-order valence-corrected chi connectivity index (χ2v) is 6.44. The molecule has 1 amide bonds. The summed E-state index contributed by atoms with van der Waals surface area (Å²) in [6, 6.07) is 2.00. The van der Waals surface area contributed by atoms with Crippen molar-refractivity contribution in [1.82, 2.24) is 19.6 Å². The molecular formula is C18H26N4O2. The zero-order valence-electron chi connectivity index (χ0n) is 14.6. The topological polar surface area (TPSA) is 54.5 Å². The van der Waals surface area contributed by atoms with Gasteiger partial charge in [-0.1, -0.05) is 6.92 Å². The Labute approximate surface area is 143 Å². The van der Waals surface area contributed by atoms with Gasteiger partial charge in [-0.25, -0.2) is 0 Å². The molecule has 3 heterocycles. The van der Waals surface area contributed by atoms with E-state index >= 15 is 0 Å². The maximum absolute atomic E-state index is 12.9. The van der Waals surface area contributed by atoms with Crippen LogP contribution in [0.2, 0.25) is 0 Å². The van der Waals surface area contributed by atoms with Gasteiger partial charge in [0.1, 0.15) is 0 Å². The van der Waals surface area contributed by atoms with Gasteiger partial charge < -0.3 is 9.32 Å². The van der Waals surface area contributed by atoms with Gasteiger partial charge in [0, 0.05) is 51.0 Å². The van der Waals surface area contributed by atoms with Gasteiger partial charge in [0.05, 0.1) is 23.8 Å². The molecule has 0 aromatic carbocycles. The van der Waals surface area contributed by atoms with E-state index in [1.807, 2.05) is 28.8 Å². The SMILES string of the molecule is CCCn1cc(C(=O)N2CCCN(Cc3ccoc3)CC2)c(C)n1. The number of amides is 1. The summed E-state index contributed by atoms with van der Waals surface area (Å²) in [5, 5.41) is 4.45. The van der Waals surface area contributed by atoms with Gasteiger partial charge in [-0.05, 0) is 25.8 Å². The van der Waals surface area contributed by atoms with Crippen molar-refractivity contribution in [3.8, 4) is 0 Å². The van der Waals surface area contributed by atoms with E-state index in [4.69, 9.17) is 4.42 Å². The minimum Gasteiger partial charge on any atom is -0.472 e. The zero-order valence-corrected chi connectivity index (χ0v) is 14.6. The zero-order chi connectivity index (χ0) is 16.9. The lowest BCUT2D eigenvalue weighted by molar-refractivity contribution is 0.0760. The molecule has 0 radical (unpaired) electrons. The molecule has 0 N–H and O–H groups in total. The fourth-order valence-corrected chi connectivity index (χ4v) is 3.21. The summed E-state index contributed by atoms with van der Waals surface area (Å²) < 4.78 is 7.02. The third-order valence-electron chi connectivity index (χ3n) is 4.49. The van der Waals surface area contributed by atoms with E-state index in [1.54, 1.807) is 12.5 Å². The number of rotatable bonds is 5. The quantitative estimate of drug-likeness (QED) is 0.845. The second kappa shape index (κ2) is 7.66. The smallest absolute Gasteiger partial charge is 0.257 e. The van der Waals surface area contributed by atoms with Crippen LogP contribution < -0.4 is 0 Å². The molecule has 0 atom stereocenters. The number of carbonyl (C=O) groups excluding carboxylic acids is 1. The molecule has 1 saturated heterocycles. The molecule has 130 valence electrons. The first-order chi connectivity index (χ1) is 11.7. The Hall–Kier alpha value is -2.08. The molecule has 6 nitrogen and oxygen atoms in total. The third-order valence-corrected chi connectivity index (χ3v) is 4.49. The van der Waals surface area contributed by atoms with Crippen molar-refractivity contribution in [2.45, 2.75) is 39.8 Å². The van der Waals surface area contributed by atoms with Crippen LogP contribution in [0.5, 0.6) is 0 Å². The Balaban J connectivity index is 1.62. The molecule has 6 heteroatoms. The normalized spacial score (nSPS) is 16.3. The molecule has 1 aliphatic heterocycles. The standard InChI is InChI=1S/C18H26N4O2/c1-3-6-22-13-17(15(2)19-22)18(23)21-8-4-7-20(9-10-21)12-16-5-11-24-14-16/h5,11,13-14H,3-4,6-10,12H2,1-2H3. The number of carbonyl (C=O) groups is 1. The lowest BCUT2D eigenvalue weighted by Gasteiger charge is -2.21. The van der Waals surface area contributed by atoms with Crippen LogP contribution in [-0.2, 0) is 13.1 Å². The number of aromatic nitrogens is 2. The van der Waals surface area contributed by atoms with Crippen molar-refractivity contribution in [3.63, 3.8) is 0 Å². The fourth-order valence-electron chi connectivity index (χ4n) is 3.21. The first-order valence-corrected chi connectivity index (χ1v) is 8.74. The summed E-state index contributed by atoms with van der Waals surface area (Å²) in [5.74, 6) is 0.111. The third kappa shape index (κ3) is 3.87. The van der Waals surface area contributed by atoms with Crippen LogP contribution in [0.3, 0.4) is 0 Å². The Morgan fingerprint density at radius 3 is 2.92 bits per heavy atom. The molecule has 2 aromatic heterocycles. The average molecular weight is 330 g/mol. The van der Waals surface area contributed by atoms with Crippen LogP contribution in [0.25, 0.3) is 0 Å². The maximum atomic E-state index is 12.9. The Morgan fingerprint density at radius 1 is 1.29 bits per heavy atom. The molecule has 0 bridgehead atoms. The second-order valence-electron chi connectivity index (χ2n) is 6.44. The highest BCUT2D eigenvalue weighted by Gasteiger charge is 2.23. The Bertz CT molecular complexity index is 663. The van der Waals surface area contributed by atoms with Crippen molar-refractivity contribution in [1.29, 1.82) is 0 Å². The molecule has 1 aliphatic rings. The van der Waals surface area contributed by atoms with E-state index in [-0.39, 0.29) is 5.91 Å². The predicted molar refractivity (Wildman–Crippen MR) is 91.8 cm³/mol. The van der Waals surface area contributed by atoms with E-state index in [1.165, 1.54) is 5.56 Å². The van der Waals surface area contributed by atoms with Crippen molar-refractivity contribution in [2.24, 2.45) is 0 Å². The van der Waals surface area contributed by atoms with Crippen LogP contribution in [-0.4, -0.2) is 51.7 Å². The molecule has 3 rings (SSSR count). The summed E-state index contributed by atoms with van der Waals surface area (Å²) in [7, 11) is 0. The monoisotopic (exact) mass is 330 g/mol. The fraction of sp³-hybridized carbons (Fsp3) is 0.556. The van der Waals surface area contributed by atoms with Gasteiger partial charge in [-0.2, -0.15) is 5.10 Å². The van der Waals surface area contributed by atoms with Gasteiger partial charge in [0.25, 0.3) is 5.91 Å². The van der Waals surface area contributed by atoms with Crippen LogP contribution in [0, 0.1) is 6.92 Å². The van der Waals surface area contributed by atoms with E-state index in [0.29, 0.717) is 0 Å². The van der Waals surface area contributed by atoms with Crippen LogP contribution in [0.1, 0.15) is 41.4 Å². The number of nitrogens with zero attached hydrogens (tertiary/aromatic N) is 4. The Kier molecular flexibility index (Phi) is 5.35. The highest BCUT2D eigenvalue weighted by molar-refractivity contribution is 5.95. The maximum Gasteiger partial charge on any atom is 0.257 e. The number of hydrogen-bond acceptors (Lipinski definition) is 4. The van der Waals surface area contributed by atoms with Gasteiger partial charge >= 0.3 is 0 Å². The Morgan fingerprint density at radius 2 is 2.17 bits per heavy atom. The average Bonchev–Trinajstić information content (AvgIpc) is 3.12. The minimum absolute atomic E-state index is 0.111. The first-order valence-electron chi connectivity index (χ1n) is 8.74. The molecule has 1 fully saturated rings. The summed E-state index contributed by atoms with van der Waals surface area (Å²) in [6.45, 7) is 9.22. The molecule has 2 aromatic rings. The van der Waals surface area contributed by atoms with E-state index in [9.17, 15) is 4.79 Å². The van der Waals surface area contributed by atoms with E-state index in [0.717, 1.165) is 63.4 Å². The van der Waals surface area contributed by atoms with Crippen LogP contribution in [0.15, 0.2) is 29.2 Å². The predicted octanol–water partition coefficient (Wildman–Crippen LogP) is 2.54. The summed E-state index contributed by atoms with van der Waals surface area (Å²) in [4.78, 5) is 17.2. The molecule has 0 aliphatic carbocycles. The van der Waals surface area contributed by atoms with Crippen molar-refractivity contribution < 1.29 is 9.21 Å². The number of aryl methyl sites for hydroxylation is 2. The molecule has 0 spiro atoms. The lowest BCUT2D eigenvalue weighted by atomic mass is 10.2. The van der Waals surface area contributed by atoms with Crippen molar-refractivity contribution in [2.75, 3.05) is 26.2 Å². The first kappa shape index (κ1) is 16.8. The largest absolute Gasteiger partial charge is 0.472 e. The van der Waals surface area contributed by atoms with E-state index in [2.05, 4.69) is 16.9 Å². The van der Waals surface area contributed by atoms with Crippen LogP contribution in [0.4, 0.5) is 0 Å². The molecular weight excluding hydrogens is 304 g/mol.